The Kier molecular flexibility index (Phi) is 23.6. The van der Waals surface area contributed by atoms with Crippen LogP contribution in [0.15, 0.2) is 127 Å². The Hall–Kier alpha value is -8.40. The molecule has 5 aromatic carbocycles. The Labute approximate surface area is 557 Å². The van der Waals surface area contributed by atoms with E-state index in [0.29, 0.717) is 68.5 Å². The zero-order valence-electron chi connectivity index (χ0n) is 55.7. The first-order chi connectivity index (χ1) is 45.1. The maximum Gasteiger partial charge on any atom is 0.340 e. The minimum absolute atomic E-state index is 0.0146. The van der Waals surface area contributed by atoms with Crippen molar-refractivity contribution in [2.75, 3.05) is 82.8 Å². The van der Waals surface area contributed by atoms with Gasteiger partial charge < -0.3 is 60.3 Å². The second kappa shape index (κ2) is 31.7. The van der Waals surface area contributed by atoms with Crippen molar-refractivity contribution in [2.24, 2.45) is 5.92 Å². The first-order valence-corrected chi connectivity index (χ1v) is 36.7. The standard InChI is InChI=1S/C73H92N8O11SSi/c1-47-17-16-18-49(3)91-68(85)45-62(50-24-28-54(82)29-25-50)78-70(87)63(42-51-46-76-60-22-13-11-19-55(51)60)81(8)71(88)61(77-69(86)48(2)41-47)23-14-15-34-74-66(83)32-36-90-37-35-75-67(84)33-38-93-39-40-94(9)64-43-52(79(4)5)26-30-58(64)73(57-21-12-10-20-56(57)72(89)92-73)59-31-27-53(80(6)7)44-65(59)94/h10-13,17,19-22,24-31,43-44,46,48-49,61-63,76,82H,14-16,18,23,32-42,45H2,1-9H3,(H,74,83)(H,75,84)(H,77,86)(H,78,87)/b47-17+/t48-,49-,61-,62+,63+,73?,94?/m0/s1. The topological polar surface area (TPSA) is 241 Å². The molecule has 19 nitrogen and oxygen atoms in total. The van der Waals surface area contributed by atoms with Crippen LogP contribution in [-0.4, -0.2) is 156 Å². The number of cyclic esters (lactones) is 1. The summed E-state index contributed by atoms with van der Waals surface area (Å²) in [6.07, 6.45) is 6.51. The van der Waals surface area contributed by atoms with Gasteiger partial charge in [0, 0.05) is 124 Å². The van der Waals surface area contributed by atoms with Crippen molar-refractivity contribution in [3.05, 3.63) is 160 Å². The molecule has 0 unspecified atom stereocenters. The number of likely N-dealkylation sites (N-methyl/N-ethyl adjacent to an activating group) is 1. The van der Waals surface area contributed by atoms with Crippen molar-refractivity contribution in [3.63, 3.8) is 0 Å². The fourth-order valence-corrected chi connectivity index (χ4v) is 19.3. The number of aromatic hydroxyl groups is 1. The lowest BCUT2D eigenvalue weighted by Gasteiger charge is -2.45. The summed E-state index contributed by atoms with van der Waals surface area (Å²) in [6.45, 7) is 9.00. The fourth-order valence-electron chi connectivity index (χ4n) is 13.1. The average molecular weight is 1320 g/mol. The normalized spacial score (nSPS) is 22.4. The van der Waals surface area contributed by atoms with Crippen LogP contribution in [0.25, 0.3) is 10.9 Å². The predicted molar refractivity (Wildman–Crippen MR) is 373 cm³/mol. The Bertz CT molecular complexity index is 3680. The summed E-state index contributed by atoms with van der Waals surface area (Å²) >= 11 is 1.76. The van der Waals surface area contributed by atoms with Gasteiger partial charge in [-0.15, -0.1) is 0 Å². The van der Waals surface area contributed by atoms with E-state index in [1.165, 1.54) is 27.4 Å². The maximum absolute atomic E-state index is 14.9. The lowest BCUT2D eigenvalue weighted by atomic mass is 9.79. The molecule has 500 valence electrons. The van der Waals surface area contributed by atoms with Gasteiger partial charge in [-0.3, -0.25) is 28.8 Å². The number of hydrogen-bond donors (Lipinski definition) is 6. The zero-order chi connectivity index (χ0) is 67.3. The summed E-state index contributed by atoms with van der Waals surface area (Å²) in [5.74, 6) is -1.46. The first kappa shape index (κ1) is 69.9. The van der Waals surface area contributed by atoms with Crippen LogP contribution >= 0.6 is 11.8 Å². The van der Waals surface area contributed by atoms with Crippen LogP contribution in [0.4, 0.5) is 11.4 Å². The number of amides is 5. The molecule has 5 atom stereocenters. The molecule has 6 N–H and O–H groups in total. The number of anilines is 2. The Balaban J connectivity index is 0.753. The summed E-state index contributed by atoms with van der Waals surface area (Å²) in [6, 6.07) is 32.7. The lowest BCUT2D eigenvalue weighted by molar-refractivity contribution is -0.149. The van der Waals surface area contributed by atoms with Crippen LogP contribution in [-0.2, 0) is 55.0 Å². The van der Waals surface area contributed by atoms with Gasteiger partial charge in [0.2, 0.25) is 29.5 Å². The molecule has 0 aliphatic carbocycles. The highest BCUT2D eigenvalue weighted by Crippen LogP contribution is 2.50. The molecule has 1 spiro atoms. The van der Waals surface area contributed by atoms with Crippen LogP contribution in [0.2, 0.25) is 12.6 Å². The molecule has 0 fully saturated rings. The quantitative estimate of drug-likeness (QED) is 0.0162. The van der Waals surface area contributed by atoms with Crippen LogP contribution in [0, 0.1) is 5.92 Å². The third-order valence-corrected chi connectivity index (χ3v) is 24.3. The molecule has 9 rings (SSSR count). The van der Waals surface area contributed by atoms with E-state index in [1.54, 1.807) is 30.9 Å². The van der Waals surface area contributed by atoms with Crippen molar-refractivity contribution in [2.45, 2.75) is 127 Å². The summed E-state index contributed by atoms with van der Waals surface area (Å²) in [5.41, 5.74) is 7.75. The van der Waals surface area contributed by atoms with E-state index in [0.717, 1.165) is 61.9 Å². The third kappa shape index (κ3) is 16.6. The van der Waals surface area contributed by atoms with Crippen LogP contribution in [0.5, 0.6) is 5.75 Å². The van der Waals surface area contributed by atoms with Gasteiger partial charge in [0.15, 0.2) is 5.60 Å². The van der Waals surface area contributed by atoms with Gasteiger partial charge in [0.1, 0.15) is 25.9 Å². The van der Waals surface area contributed by atoms with Crippen molar-refractivity contribution in [1.82, 2.24) is 31.2 Å². The molecule has 94 heavy (non-hydrogen) atoms. The number of phenolic OH excluding ortho intramolecular Hbond substituents is 1. The minimum atomic E-state index is -2.52. The Morgan fingerprint density at radius 3 is 2.16 bits per heavy atom. The van der Waals surface area contributed by atoms with Gasteiger partial charge in [0.25, 0.3) is 0 Å². The molecule has 0 radical (unpaired) electrons. The highest BCUT2D eigenvalue weighted by Gasteiger charge is 2.57. The molecule has 3 aliphatic heterocycles. The summed E-state index contributed by atoms with van der Waals surface area (Å²) in [4.78, 5) is 106. The van der Waals surface area contributed by atoms with Crippen LogP contribution in [0.3, 0.4) is 0 Å². The smallest absolute Gasteiger partial charge is 0.340 e. The zero-order valence-corrected chi connectivity index (χ0v) is 57.6. The van der Waals surface area contributed by atoms with E-state index in [2.05, 4.69) is 79.0 Å². The number of carbonyl (C=O) groups excluding carboxylic acids is 7. The monoisotopic (exact) mass is 1320 g/mol. The average Bonchev–Trinajstić information content (AvgIpc) is 1.26. The van der Waals surface area contributed by atoms with E-state index in [1.807, 2.05) is 110 Å². The van der Waals surface area contributed by atoms with Crippen molar-refractivity contribution >= 4 is 94.0 Å². The van der Waals surface area contributed by atoms with Gasteiger partial charge in [0.05, 0.1) is 37.3 Å². The molecule has 21 heteroatoms. The molecule has 3 aliphatic rings. The molecular formula is C73H92N8O11SSi. The molecule has 1 aromatic heterocycles. The fraction of sp³-hybridized carbons (Fsp3) is 0.438. The summed E-state index contributed by atoms with van der Waals surface area (Å²) in [7, 11) is 7.19. The van der Waals surface area contributed by atoms with Gasteiger partial charge >= 0.3 is 11.9 Å². The highest BCUT2D eigenvalue weighted by atomic mass is 32.2. The number of nitrogens with zero attached hydrogens (tertiary/aromatic N) is 3. The minimum Gasteiger partial charge on any atom is -0.508 e. The first-order valence-electron chi connectivity index (χ1n) is 32.8. The SMILES string of the molecule is C/C1=C\CC[C@H](C)OC(=O)C[C@H](c2ccc(O)cc2)NC(=O)[C@@H](Cc2c[nH]c3ccccc23)N(C)C(=O)[C@H](CCCCNC(=O)CCOCCNC(=O)CCSCC[Si]2(C)c3cc(N(C)C)ccc3C3(OC(=O)c4ccccc43)c3ccc(N(C)C)cc32)NC(=O)[C@@H](C)C1. The molecule has 0 saturated heterocycles. The van der Waals surface area contributed by atoms with Crippen LogP contribution < -0.4 is 41.4 Å². The number of fused-ring (bicyclic) bond motifs is 7. The number of rotatable bonds is 22. The molecule has 0 bridgehead atoms. The highest BCUT2D eigenvalue weighted by molar-refractivity contribution is 7.99. The van der Waals surface area contributed by atoms with E-state index in [4.69, 9.17) is 14.2 Å². The number of ether oxygens (including phenoxy) is 3. The van der Waals surface area contributed by atoms with E-state index < -0.39 is 61.6 Å². The predicted octanol–water partition coefficient (Wildman–Crippen LogP) is 8.41. The van der Waals surface area contributed by atoms with E-state index >= 15 is 0 Å². The number of aromatic nitrogens is 1. The number of H-pyrrole nitrogens is 1. The number of esters is 2. The number of allylic oxidation sites excluding steroid dienone is 2. The number of thioether (sulfide) groups is 1. The van der Waals surface area contributed by atoms with Crippen molar-refractivity contribution < 1.29 is 52.9 Å². The Morgan fingerprint density at radius 1 is 0.777 bits per heavy atom. The number of para-hydroxylation sites is 1. The van der Waals surface area contributed by atoms with Crippen LogP contribution in [0.1, 0.15) is 123 Å². The summed E-state index contributed by atoms with van der Waals surface area (Å²) < 4.78 is 18.2. The van der Waals surface area contributed by atoms with Crippen molar-refractivity contribution in [1.29, 1.82) is 0 Å². The second-order valence-corrected chi connectivity index (χ2v) is 31.3. The van der Waals surface area contributed by atoms with Gasteiger partial charge in [-0.25, -0.2) is 4.79 Å². The number of hydrogen-bond acceptors (Lipinski definition) is 14. The third-order valence-electron chi connectivity index (χ3n) is 18.5. The number of nitrogens with one attached hydrogen (secondary N) is 5. The summed E-state index contributed by atoms with van der Waals surface area (Å²) in [5, 5.41) is 25.5. The van der Waals surface area contributed by atoms with Gasteiger partial charge in [-0.2, -0.15) is 11.8 Å². The largest absolute Gasteiger partial charge is 0.508 e. The van der Waals surface area contributed by atoms with Gasteiger partial charge in [-0.05, 0) is 134 Å². The van der Waals surface area contributed by atoms with E-state index in [9.17, 15) is 38.7 Å². The molecular weight excluding hydrogens is 1230 g/mol. The number of carbonyl (C=O) groups is 7. The van der Waals surface area contributed by atoms with Gasteiger partial charge in [-0.1, -0.05) is 85.8 Å². The second-order valence-electron chi connectivity index (χ2n) is 25.8. The molecule has 5 amide bonds. The van der Waals surface area contributed by atoms with E-state index in [-0.39, 0.29) is 68.3 Å². The number of benzene rings is 5. The molecule has 4 heterocycles. The van der Waals surface area contributed by atoms with Crippen molar-refractivity contribution in [3.8, 4) is 5.75 Å². The molecule has 0 saturated carbocycles. The lowest BCUT2D eigenvalue weighted by Crippen LogP contribution is -2.65. The number of phenols is 1. The number of aromatic amines is 1. The number of unbranched alkanes of at least 4 members (excludes halogenated alkanes) is 1. The molecule has 6 aromatic rings. The Morgan fingerprint density at radius 2 is 1.45 bits per heavy atom. The maximum atomic E-state index is 14.9.